The number of aliphatic imine (C=N–C) groups is 1. The Kier molecular flexibility index (Phi) is 12.9. The van der Waals surface area contributed by atoms with Crippen LogP contribution < -0.4 is 5.32 Å². The summed E-state index contributed by atoms with van der Waals surface area (Å²) < 4.78 is 12.0. The number of halogens is 1. The molecule has 0 amide bonds. The summed E-state index contributed by atoms with van der Waals surface area (Å²) in [5.41, 5.74) is 0. The van der Waals surface area contributed by atoms with Crippen molar-refractivity contribution in [3.05, 3.63) is 0 Å². The van der Waals surface area contributed by atoms with Crippen LogP contribution in [0.2, 0.25) is 0 Å². The lowest BCUT2D eigenvalue weighted by Gasteiger charge is -2.34. The van der Waals surface area contributed by atoms with E-state index < -0.39 is 0 Å². The first-order chi connectivity index (χ1) is 12.6. The van der Waals surface area contributed by atoms with Gasteiger partial charge in [0.1, 0.15) is 0 Å². The molecule has 0 aromatic rings. The minimum absolute atomic E-state index is 0. The van der Waals surface area contributed by atoms with Crippen molar-refractivity contribution in [3.63, 3.8) is 0 Å². The van der Waals surface area contributed by atoms with Gasteiger partial charge in [0, 0.05) is 39.9 Å². The van der Waals surface area contributed by atoms with Crippen molar-refractivity contribution < 1.29 is 9.47 Å². The van der Waals surface area contributed by atoms with Gasteiger partial charge in [0.2, 0.25) is 0 Å². The summed E-state index contributed by atoms with van der Waals surface area (Å²) in [5, 5.41) is 3.53. The molecule has 1 unspecified atom stereocenters. The summed E-state index contributed by atoms with van der Waals surface area (Å²) in [6.07, 6.45) is 9.54. The first kappa shape index (κ1) is 25.0. The smallest absolute Gasteiger partial charge is 0.193 e. The molecular formula is C21H42IN3O2. The second-order valence-electron chi connectivity index (χ2n) is 8.17. The summed E-state index contributed by atoms with van der Waals surface area (Å²) in [6, 6.07) is 0. The molecule has 1 N–H and O–H groups in total. The van der Waals surface area contributed by atoms with Crippen molar-refractivity contribution in [3.8, 4) is 0 Å². The molecule has 0 aromatic carbocycles. The second-order valence-corrected chi connectivity index (χ2v) is 8.17. The number of hydrogen-bond acceptors (Lipinski definition) is 3. The van der Waals surface area contributed by atoms with Gasteiger partial charge in [-0.15, -0.1) is 24.0 Å². The lowest BCUT2D eigenvalue weighted by molar-refractivity contribution is 0.000889. The number of rotatable bonds is 9. The molecule has 2 fully saturated rings. The quantitative estimate of drug-likeness (QED) is 0.294. The van der Waals surface area contributed by atoms with E-state index >= 15 is 0 Å². The molecule has 27 heavy (non-hydrogen) atoms. The topological polar surface area (TPSA) is 46.1 Å². The zero-order chi connectivity index (χ0) is 18.8. The van der Waals surface area contributed by atoms with Crippen LogP contribution in [0.3, 0.4) is 0 Å². The van der Waals surface area contributed by atoms with E-state index in [2.05, 4.69) is 36.0 Å². The maximum absolute atomic E-state index is 6.19. The molecule has 1 aliphatic carbocycles. The van der Waals surface area contributed by atoms with E-state index in [9.17, 15) is 0 Å². The van der Waals surface area contributed by atoms with Gasteiger partial charge < -0.3 is 19.7 Å². The third-order valence-corrected chi connectivity index (χ3v) is 5.83. The number of likely N-dealkylation sites (tertiary alicyclic amines) is 1. The fraction of sp³-hybridized carbons (Fsp3) is 0.952. The van der Waals surface area contributed by atoms with Crippen molar-refractivity contribution >= 4 is 29.9 Å². The molecule has 2 rings (SSSR count). The summed E-state index contributed by atoms with van der Waals surface area (Å²) in [6.45, 7) is 11.3. The van der Waals surface area contributed by atoms with Crippen LogP contribution in [0.15, 0.2) is 4.99 Å². The normalized spacial score (nSPS) is 20.8. The van der Waals surface area contributed by atoms with Gasteiger partial charge in [0.15, 0.2) is 5.96 Å². The number of ether oxygens (including phenoxy) is 2. The van der Waals surface area contributed by atoms with E-state index in [0.29, 0.717) is 18.1 Å². The molecule has 6 heteroatoms. The predicted molar refractivity (Wildman–Crippen MR) is 124 cm³/mol. The van der Waals surface area contributed by atoms with Crippen LogP contribution in [0.25, 0.3) is 0 Å². The molecule has 1 saturated heterocycles. The molecule has 5 nitrogen and oxygen atoms in total. The van der Waals surface area contributed by atoms with Gasteiger partial charge in [-0.3, -0.25) is 4.99 Å². The van der Waals surface area contributed by atoms with E-state index in [4.69, 9.17) is 9.47 Å². The molecule has 0 aromatic heterocycles. The van der Waals surface area contributed by atoms with Crippen LogP contribution in [0, 0.1) is 11.8 Å². The Morgan fingerprint density at radius 2 is 1.81 bits per heavy atom. The van der Waals surface area contributed by atoms with E-state index in [1.165, 1.54) is 25.7 Å². The van der Waals surface area contributed by atoms with Crippen LogP contribution in [-0.2, 0) is 9.47 Å². The van der Waals surface area contributed by atoms with E-state index in [-0.39, 0.29) is 24.0 Å². The Hall–Kier alpha value is -0.0800. The van der Waals surface area contributed by atoms with Gasteiger partial charge in [-0.05, 0) is 50.9 Å². The van der Waals surface area contributed by atoms with Gasteiger partial charge in [0.05, 0.1) is 12.2 Å². The van der Waals surface area contributed by atoms with Crippen molar-refractivity contribution in [2.75, 3.05) is 39.9 Å². The van der Waals surface area contributed by atoms with Gasteiger partial charge in [-0.1, -0.05) is 26.7 Å². The van der Waals surface area contributed by atoms with Crippen molar-refractivity contribution in [1.82, 2.24) is 10.2 Å². The number of guanidine groups is 1. The Morgan fingerprint density at radius 3 is 2.37 bits per heavy atom. The fourth-order valence-electron chi connectivity index (χ4n) is 4.17. The number of hydrogen-bond donors (Lipinski definition) is 1. The fourth-order valence-corrected chi connectivity index (χ4v) is 4.17. The maximum Gasteiger partial charge on any atom is 0.193 e. The Morgan fingerprint density at radius 1 is 1.15 bits per heavy atom. The standard InChI is InChI=1S/C21H41N3O2.HI/c1-5-25-20(17(2)3)10-13-23-21(22-4)24-14-11-19(12-15-24)26-16-18-8-6-7-9-18;/h17-20H,5-16H2,1-4H3,(H,22,23);1H. The van der Waals surface area contributed by atoms with Crippen molar-refractivity contribution in [1.29, 1.82) is 0 Å². The first-order valence-electron chi connectivity index (χ1n) is 10.8. The van der Waals surface area contributed by atoms with Crippen LogP contribution in [0.4, 0.5) is 0 Å². The second kappa shape index (κ2) is 14.0. The molecule has 0 radical (unpaired) electrons. The lowest BCUT2D eigenvalue weighted by atomic mass is 10.0. The van der Waals surface area contributed by atoms with E-state index in [1.807, 2.05) is 7.05 Å². The largest absolute Gasteiger partial charge is 0.378 e. The third-order valence-electron chi connectivity index (χ3n) is 5.83. The zero-order valence-electron chi connectivity index (χ0n) is 17.9. The number of nitrogens with zero attached hydrogens (tertiary/aromatic N) is 2. The zero-order valence-corrected chi connectivity index (χ0v) is 20.2. The highest BCUT2D eigenvalue weighted by molar-refractivity contribution is 14.0. The molecule has 1 saturated carbocycles. The summed E-state index contributed by atoms with van der Waals surface area (Å²) in [5.74, 6) is 2.39. The Labute approximate surface area is 184 Å². The van der Waals surface area contributed by atoms with Gasteiger partial charge >= 0.3 is 0 Å². The highest BCUT2D eigenvalue weighted by Crippen LogP contribution is 2.26. The average Bonchev–Trinajstić information content (AvgIpc) is 3.17. The van der Waals surface area contributed by atoms with Crippen LogP contribution in [-0.4, -0.2) is 63.0 Å². The van der Waals surface area contributed by atoms with Gasteiger partial charge in [-0.25, -0.2) is 0 Å². The Balaban J connectivity index is 0.00000364. The highest BCUT2D eigenvalue weighted by atomic mass is 127. The minimum Gasteiger partial charge on any atom is -0.378 e. The molecule has 1 aliphatic heterocycles. The third kappa shape index (κ3) is 8.86. The average molecular weight is 495 g/mol. The SMILES string of the molecule is CCOC(CCNC(=NC)N1CCC(OCC2CCCC2)CC1)C(C)C.I. The summed E-state index contributed by atoms with van der Waals surface area (Å²) in [4.78, 5) is 6.86. The molecule has 1 atom stereocenters. The monoisotopic (exact) mass is 495 g/mol. The van der Waals surface area contributed by atoms with Crippen LogP contribution in [0.5, 0.6) is 0 Å². The van der Waals surface area contributed by atoms with Crippen molar-refractivity contribution in [2.45, 2.75) is 77.9 Å². The van der Waals surface area contributed by atoms with E-state index in [1.54, 1.807) is 0 Å². The van der Waals surface area contributed by atoms with Crippen LogP contribution >= 0.6 is 24.0 Å². The van der Waals surface area contributed by atoms with Crippen molar-refractivity contribution in [2.24, 2.45) is 16.8 Å². The molecule has 160 valence electrons. The summed E-state index contributed by atoms with van der Waals surface area (Å²) in [7, 11) is 1.88. The highest BCUT2D eigenvalue weighted by Gasteiger charge is 2.24. The maximum atomic E-state index is 6.19. The Bertz CT molecular complexity index is 406. The minimum atomic E-state index is 0. The van der Waals surface area contributed by atoms with Gasteiger partial charge in [0.25, 0.3) is 0 Å². The lowest BCUT2D eigenvalue weighted by Crippen LogP contribution is -2.47. The summed E-state index contributed by atoms with van der Waals surface area (Å²) >= 11 is 0. The molecule has 0 bridgehead atoms. The molecule has 0 spiro atoms. The first-order valence-corrected chi connectivity index (χ1v) is 10.8. The molecule has 1 heterocycles. The number of nitrogens with one attached hydrogen (secondary N) is 1. The van der Waals surface area contributed by atoms with E-state index in [0.717, 1.165) is 64.0 Å². The van der Waals surface area contributed by atoms with Crippen LogP contribution in [0.1, 0.15) is 65.7 Å². The predicted octanol–water partition coefficient (Wildman–Crippen LogP) is 4.30. The molecule has 2 aliphatic rings. The molecular weight excluding hydrogens is 453 g/mol. The number of piperidine rings is 1. The van der Waals surface area contributed by atoms with Gasteiger partial charge in [-0.2, -0.15) is 0 Å².